The highest BCUT2D eigenvalue weighted by Gasteiger charge is 2.28. The molecule has 1 fully saturated rings. The molecule has 1 amide bonds. The number of piperidine rings is 1. The van der Waals surface area contributed by atoms with Crippen molar-refractivity contribution in [1.82, 2.24) is 9.88 Å². The Kier molecular flexibility index (Phi) is 5.23. The number of H-pyrrole nitrogens is 1. The average Bonchev–Trinajstić information content (AvgIpc) is 2.79. The van der Waals surface area contributed by atoms with Gasteiger partial charge in [-0.2, -0.15) is 0 Å². The second kappa shape index (κ2) is 6.98. The van der Waals surface area contributed by atoms with Crippen LogP contribution in [0.4, 0.5) is 0 Å². The first-order valence-electron chi connectivity index (χ1n) is 8.02. The summed E-state index contributed by atoms with van der Waals surface area (Å²) in [7, 11) is 0. The van der Waals surface area contributed by atoms with Crippen LogP contribution in [0.2, 0.25) is 0 Å². The number of aromatic amines is 1. The number of likely N-dealkylation sites (tertiary alicyclic amines) is 1. The highest BCUT2D eigenvalue weighted by atomic mass is 16.4. The van der Waals surface area contributed by atoms with Crippen LogP contribution in [0, 0.1) is 19.8 Å². The molecule has 1 aromatic rings. The molecule has 0 saturated carbocycles. The highest BCUT2D eigenvalue weighted by Crippen LogP contribution is 2.25. The number of nitrogens with one attached hydrogen (secondary N) is 1. The first-order valence-corrected chi connectivity index (χ1v) is 8.02. The monoisotopic (exact) mass is 320 g/mol. The van der Waals surface area contributed by atoms with Crippen molar-refractivity contribution in [2.75, 3.05) is 13.1 Å². The number of hydrogen-bond acceptors (Lipinski definition) is 3. The second-order valence-corrected chi connectivity index (χ2v) is 6.37. The molecule has 23 heavy (non-hydrogen) atoms. The number of aryl methyl sites for hydroxylation is 1. The van der Waals surface area contributed by atoms with Gasteiger partial charge in [0.05, 0.1) is 0 Å². The summed E-state index contributed by atoms with van der Waals surface area (Å²) in [5.74, 6) is -0.714. The SMILES string of the molecule is CC(=O)c1c(C)[nH]c(C(=O)N2CCCC(CCC(=O)O)C2)c1C. The van der Waals surface area contributed by atoms with Crippen molar-refractivity contribution < 1.29 is 19.5 Å². The van der Waals surface area contributed by atoms with Gasteiger partial charge in [-0.3, -0.25) is 14.4 Å². The second-order valence-electron chi connectivity index (χ2n) is 6.37. The Hall–Kier alpha value is -2.11. The fourth-order valence-corrected chi connectivity index (χ4v) is 3.46. The summed E-state index contributed by atoms with van der Waals surface area (Å²) < 4.78 is 0. The average molecular weight is 320 g/mol. The largest absolute Gasteiger partial charge is 0.481 e. The Balaban J connectivity index is 2.12. The number of aliphatic carboxylic acids is 1. The summed E-state index contributed by atoms with van der Waals surface area (Å²) >= 11 is 0. The summed E-state index contributed by atoms with van der Waals surface area (Å²) in [5, 5.41) is 8.80. The number of Topliss-reactive ketones (excluding diaryl/α,β-unsaturated/α-hetero) is 1. The Morgan fingerprint density at radius 2 is 2.00 bits per heavy atom. The number of carbonyl (C=O) groups is 3. The van der Waals surface area contributed by atoms with Gasteiger partial charge >= 0.3 is 5.97 Å². The molecule has 0 spiro atoms. The summed E-state index contributed by atoms with van der Waals surface area (Å²) in [6, 6.07) is 0. The van der Waals surface area contributed by atoms with Gasteiger partial charge in [0.2, 0.25) is 0 Å². The zero-order chi connectivity index (χ0) is 17.1. The van der Waals surface area contributed by atoms with Gasteiger partial charge in [-0.05, 0) is 51.5 Å². The van der Waals surface area contributed by atoms with Crippen molar-refractivity contribution in [3.8, 4) is 0 Å². The summed E-state index contributed by atoms with van der Waals surface area (Å²) in [5.41, 5.74) is 2.49. The van der Waals surface area contributed by atoms with E-state index in [4.69, 9.17) is 5.11 Å². The minimum atomic E-state index is -0.796. The highest BCUT2D eigenvalue weighted by molar-refractivity contribution is 6.02. The molecule has 1 aliphatic rings. The molecule has 2 N–H and O–H groups in total. The number of carboxylic acid groups (broad SMARTS) is 1. The van der Waals surface area contributed by atoms with E-state index in [1.807, 2.05) is 0 Å². The molecule has 0 aromatic carbocycles. The van der Waals surface area contributed by atoms with Gasteiger partial charge in [0.25, 0.3) is 5.91 Å². The van der Waals surface area contributed by atoms with Crippen LogP contribution in [0.5, 0.6) is 0 Å². The van der Waals surface area contributed by atoms with E-state index in [0.717, 1.165) is 18.5 Å². The predicted octanol–water partition coefficient (Wildman–Crippen LogP) is 2.55. The van der Waals surface area contributed by atoms with Crippen LogP contribution in [-0.4, -0.2) is 45.7 Å². The first kappa shape index (κ1) is 17.2. The zero-order valence-corrected chi connectivity index (χ0v) is 13.9. The van der Waals surface area contributed by atoms with E-state index in [-0.39, 0.29) is 24.0 Å². The number of ketones is 1. The van der Waals surface area contributed by atoms with E-state index in [1.54, 1.807) is 18.7 Å². The molecular weight excluding hydrogens is 296 g/mol. The van der Waals surface area contributed by atoms with Gasteiger partial charge in [-0.25, -0.2) is 0 Å². The van der Waals surface area contributed by atoms with Crippen molar-refractivity contribution in [2.24, 2.45) is 5.92 Å². The number of nitrogens with zero attached hydrogens (tertiary/aromatic N) is 1. The fourth-order valence-electron chi connectivity index (χ4n) is 3.46. The van der Waals surface area contributed by atoms with E-state index in [9.17, 15) is 14.4 Å². The fraction of sp³-hybridized carbons (Fsp3) is 0.588. The van der Waals surface area contributed by atoms with Crippen LogP contribution in [-0.2, 0) is 4.79 Å². The molecule has 2 rings (SSSR count). The summed E-state index contributed by atoms with van der Waals surface area (Å²) in [4.78, 5) is 40.0. The first-order chi connectivity index (χ1) is 10.8. The van der Waals surface area contributed by atoms with Crippen LogP contribution < -0.4 is 0 Å². The van der Waals surface area contributed by atoms with Gasteiger partial charge in [0, 0.05) is 30.8 Å². The Morgan fingerprint density at radius 3 is 2.57 bits per heavy atom. The Bertz CT molecular complexity index is 633. The summed E-state index contributed by atoms with van der Waals surface area (Å²) in [6.45, 7) is 6.35. The van der Waals surface area contributed by atoms with Gasteiger partial charge in [0.15, 0.2) is 5.78 Å². The molecule has 0 bridgehead atoms. The Morgan fingerprint density at radius 1 is 1.30 bits per heavy atom. The number of aromatic nitrogens is 1. The molecule has 1 saturated heterocycles. The summed E-state index contributed by atoms with van der Waals surface area (Å²) in [6.07, 6.45) is 2.58. The Labute approximate surface area is 135 Å². The lowest BCUT2D eigenvalue weighted by Gasteiger charge is -2.32. The third kappa shape index (κ3) is 3.81. The molecule has 1 unspecified atom stereocenters. The van der Waals surface area contributed by atoms with Crippen molar-refractivity contribution in [3.63, 3.8) is 0 Å². The molecule has 6 heteroatoms. The van der Waals surface area contributed by atoms with E-state index in [1.165, 1.54) is 6.92 Å². The number of amides is 1. The molecule has 2 heterocycles. The standard InChI is InChI=1S/C17H24N2O4/c1-10-15(12(3)20)11(2)18-16(10)17(23)19-8-4-5-13(9-19)6-7-14(21)22/h13,18H,4-9H2,1-3H3,(H,21,22). The van der Waals surface area contributed by atoms with E-state index < -0.39 is 5.97 Å². The van der Waals surface area contributed by atoms with Gasteiger partial charge in [-0.1, -0.05) is 0 Å². The van der Waals surface area contributed by atoms with Gasteiger partial charge in [-0.15, -0.1) is 0 Å². The predicted molar refractivity (Wildman–Crippen MR) is 85.8 cm³/mol. The van der Waals surface area contributed by atoms with Crippen LogP contribution in [0.15, 0.2) is 0 Å². The lowest BCUT2D eigenvalue weighted by Crippen LogP contribution is -2.40. The molecule has 1 aliphatic heterocycles. The molecule has 0 aliphatic carbocycles. The van der Waals surface area contributed by atoms with E-state index in [0.29, 0.717) is 36.3 Å². The lowest BCUT2D eigenvalue weighted by molar-refractivity contribution is -0.137. The van der Waals surface area contributed by atoms with Crippen LogP contribution in [0.25, 0.3) is 0 Å². The maximum atomic E-state index is 12.8. The smallest absolute Gasteiger partial charge is 0.303 e. The van der Waals surface area contributed by atoms with Crippen LogP contribution in [0.1, 0.15) is 64.7 Å². The van der Waals surface area contributed by atoms with Crippen molar-refractivity contribution >= 4 is 17.7 Å². The van der Waals surface area contributed by atoms with Gasteiger partial charge < -0.3 is 15.0 Å². The topological polar surface area (TPSA) is 90.5 Å². The maximum Gasteiger partial charge on any atom is 0.303 e. The number of rotatable bonds is 5. The minimum Gasteiger partial charge on any atom is -0.481 e. The maximum absolute atomic E-state index is 12.8. The van der Waals surface area contributed by atoms with E-state index >= 15 is 0 Å². The van der Waals surface area contributed by atoms with Crippen molar-refractivity contribution in [3.05, 3.63) is 22.5 Å². The van der Waals surface area contributed by atoms with Crippen molar-refractivity contribution in [1.29, 1.82) is 0 Å². The molecule has 1 atom stereocenters. The minimum absolute atomic E-state index is 0.0479. The lowest BCUT2D eigenvalue weighted by atomic mass is 9.93. The van der Waals surface area contributed by atoms with Gasteiger partial charge in [0.1, 0.15) is 5.69 Å². The molecular formula is C17H24N2O4. The van der Waals surface area contributed by atoms with Crippen LogP contribution in [0.3, 0.4) is 0 Å². The molecule has 1 aromatic heterocycles. The molecule has 6 nitrogen and oxygen atoms in total. The number of carbonyl (C=O) groups excluding carboxylic acids is 2. The third-order valence-corrected chi connectivity index (χ3v) is 4.58. The normalized spacial score (nSPS) is 18.0. The molecule has 0 radical (unpaired) electrons. The quantitative estimate of drug-likeness (QED) is 0.816. The molecule has 126 valence electrons. The van der Waals surface area contributed by atoms with Crippen molar-refractivity contribution in [2.45, 2.75) is 46.5 Å². The third-order valence-electron chi connectivity index (χ3n) is 4.58. The van der Waals surface area contributed by atoms with Crippen LogP contribution >= 0.6 is 0 Å². The zero-order valence-electron chi connectivity index (χ0n) is 13.9. The van der Waals surface area contributed by atoms with E-state index in [2.05, 4.69) is 4.98 Å². The number of carboxylic acids is 1. The number of hydrogen-bond donors (Lipinski definition) is 2.